The van der Waals surface area contributed by atoms with Gasteiger partial charge in [-0.1, -0.05) is 6.92 Å². The van der Waals surface area contributed by atoms with Crippen LogP contribution in [0, 0.1) is 12.7 Å². The third kappa shape index (κ3) is 4.03. The average molecular weight is 274 g/mol. The molecule has 0 atom stereocenters. The van der Waals surface area contributed by atoms with Crippen molar-refractivity contribution in [2.75, 3.05) is 6.54 Å². The molecule has 1 heterocycles. The fraction of sp³-hybridized carbons (Fsp3) is 0.312. The zero-order chi connectivity index (χ0) is 14.4. The highest BCUT2D eigenvalue weighted by Crippen LogP contribution is 2.25. The van der Waals surface area contributed by atoms with Crippen molar-refractivity contribution < 1.29 is 9.13 Å². The molecule has 20 heavy (non-hydrogen) atoms. The van der Waals surface area contributed by atoms with E-state index in [1.807, 2.05) is 13.0 Å². The van der Waals surface area contributed by atoms with Crippen molar-refractivity contribution in [3.05, 3.63) is 53.6 Å². The molecule has 0 unspecified atom stereocenters. The van der Waals surface area contributed by atoms with Crippen LogP contribution in [0.5, 0.6) is 11.5 Å². The molecule has 0 saturated heterocycles. The van der Waals surface area contributed by atoms with E-state index < -0.39 is 0 Å². The third-order valence-electron chi connectivity index (χ3n) is 2.89. The van der Waals surface area contributed by atoms with Crippen LogP contribution in [0.25, 0.3) is 0 Å². The largest absolute Gasteiger partial charge is 0.457 e. The van der Waals surface area contributed by atoms with Crippen LogP contribution in [0.2, 0.25) is 0 Å². The Morgan fingerprint density at radius 3 is 2.85 bits per heavy atom. The fourth-order valence-electron chi connectivity index (χ4n) is 1.86. The second kappa shape index (κ2) is 7.01. The van der Waals surface area contributed by atoms with Crippen molar-refractivity contribution in [2.24, 2.45) is 0 Å². The van der Waals surface area contributed by atoms with Gasteiger partial charge in [0, 0.05) is 18.8 Å². The number of rotatable bonds is 6. The summed E-state index contributed by atoms with van der Waals surface area (Å²) in [5.74, 6) is 1.11. The number of pyridine rings is 1. The predicted octanol–water partition coefficient (Wildman–Crippen LogP) is 3.82. The highest BCUT2D eigenvalue weighted by Gasteiger charge is 2.04. The molecule has 0 aliphatic rings. The van der Waals surface area contributed by atoms with Gasteiger partial charge in [-0.25, -0.2) is 4.39 Å². The molecule has 1 N–H and O–H groups in total. The molecule has 0 aliphatic carbocycles. The SMILES string of the molecule is CCCNCc1cc(Oc2ccc(F)cc2C)ccn1. The van der Waals surface area contributed by atoms with Gasteiger partial charge in [0.2, 0.25) is 0 Å². The van der Waals surface area contributed by atoms with Gasteiger partial charge < -0.3 is 10.1 Å². The Morgan fingerprint density at radius 2 is 2.10 bits per heavy atom. The molecule has 106 valence electrons. The number of nitrogens with one attached hydrogen (secondary N) is 1. The minimum absolute atomic E-state index is 0.256. The zero-order valence-electron chi connectivity index (χ0n) is 11.8. The first-order valence-electron chi connectivity index (χ1n) is 6.78. The first-order valence-corrected chi connectivity index (χ1v) is 6.78. The van der Waals surface area contributed by atoms with Gasteiger partial charge in [-0.3, -0.25) is 4.98 Å². The van der Waals surface area contributed by atoms with Crippen LogP contribution in [0.15, 0.2) is 36.5 Å². The maximum atomic E-state index is 13.0. The van der Waals surface area contributed by atoms with Crippen LogP contribution in [-0.4, -0.2) is 11.5 Å². The summed E-state index contributed by atoms with van der Waals surface area (Å²) in [6, 6.07) is 8.19. The minimum Gasteiger partial charge on any atom is -0.457 e. The molecule has 0 bridgehead atoms. The van der Waals surface area contributed by atoms with E-state index in [1.165, 1.54) is 12.1 Å². The molecule has 0 spiro atoms. The first-order chi connectivity index (χ1) is 9.69. The van der Waals surface area contributed by atoms with E-state index in [0.29, 0.717) is 18.0 Å². The third-order valence-corrected chi connectivity index (χ3v) is 2.89. The van der Waals surface area contributed by atoms with Gasteiger partial charge in [0.15, 0.2) is 0 Å². The number of benzene rings is 1. The van der Waals surface area contributed by atoms with Crippen molar-refractivity contribution in [3.63, 3.8) is 0 Å². The van der Waals surface area contributed by atoms with Gasteiger partial charge in [0.1, 0.15) is 17.3 Å². The molecule has 3 nitrogen and oxygen atoms in total. The average Bonchev–Trinajstić information content (AvgIpc) is 2.43. The van der Waals surface area contributed by atoms with Crippen molar-refractivity contribution in [2.45, 2.75) is 26.8 Å². The molecule has 0 aliphatic heterocycles. The van der Waals surface area contributed by atoms with E-state index in [1.54, 1.807) is 18.3 Å². The first kappa shape index (κ1) is 14.5. The van der Waals surface area contributed by atoms with E-state index >= 15 is 0 Å². The smallest absolute Gasteiger partial charge is 0.130 e. The van der Waals surface area contributed by atoms with Gasteiger partial charge in [0.25, 0.3) is 0 Å². The molecule has 4 heteroatoms. The highest BCUT2D eigenvalue weighted by atomic mass is 19.1. The van der Waals surface area contributed by atoms with Crippen LogP contribution in [0.1, 0.15) is 24.6 Å². The summed E-state index contributed by atoms with van der Waals surface area (Å²) < 4.78 is 18.8. The molecule has 2 rings (SSSR count). The number of hydrogen-bond acceptors (Lipinski definition) is 3. The Morgan fingerprint density at radius 1 is 1.25 bits per heavy atom. The summed E-state index contributed by atoms with van der Waals surface area (Å²) in [6.45, 7) is 5.62. The molecule has 0 fully saturated rings. The topological polar surface area (TPSA) is 34.1 Å². The lowest BCUT2D eigenvalue weighted by atomic mass is 10.2. The minimum atomic E-state index is -0.256. The van der Waals surface area contributed by atoms with Crippen molar-refractivity contribution in [1.29, 1.82) is 0 Å². The zero-order valence-corrected chi connectivity index (χ0v) is 11.8. The Bertz CT molecular complexity index is 572. The lowest BCUT2D eigenvalue weighted by Crippen LogP contribution is -2.14. The van der Waals surface area contributed by atoms with Gasteiger partial charge in [-0.05, 0) is 49.7 Å². The van der Waals surface area contributed by atoms with Crippen molar-refractivity contribution in [3.8, 4) is 11.5 Å². The quantitative estimate of drug-likeness (QED) is 0.813. The molecule has 0 radical (unpaired) electrons. The number of aryl methyl sites for hydroxylation is 1. The summed E-state index contributed by atoms with van der Waals surface area (Å²) in [4.78, 5) is 4.29. The van der Waals surface area contributed by atoms with Crippen molar-refractivity contribution in [1.82, 2.24) is 10.3 Å². The molecular formula is C16H19FN2O. The van der Waals surface area contributed by atoms with Crippen LogP contribution in [0.4, 0.5) is 4.39 Å². The lowest BCUT2D eigenvalue weighted by molar-refractivity contribution is 0.474. The maximum Gasteiger partial charge on any atom is 0.130 e. The second-order valence-electron chi connectivity index (χ2n) is 4.67. The molecular weight excluding hydrogens is 255 g/mol. The van der Waals surface area contributed by atoms with E-state index in [2.05, 4.69) is 17.2 Å². The van der Waals surface area contributed by atoms with Crippen LogP contribution in [0.3, 0.4) is 0 Å². The normalized spacial score (nSPS) is 10.6. The van der Waals surface area contributed by atoms with Crippen LogP contribution < -0.4 is 10.1 Å². The van der Waals surface area contributed by atoms with E-state index in [-0.39, 0.29) is 5.82 Å². The number of hydrogen-bond donors (Lipinski definition) is 1. The van der Waals surface area contributed by atoms with Gasteiger partial charge in [-0.2, -0.15) is 0 Å². The van der Waals surface area contributed by atoms with Crippen molar-refractivity contribution >= 4 is 0 Å². The van der Waals surface area contributed by atoms with Gasteiger partial charge in [-0.15, -0.1) is 0 Å². The summed E-state index contributed by atoms with van der Waals surface area (Å²) in [5.41, 5.74) is 1.70. The molecule has 1 aromatic carbocycles. The highest BCUT2D eigenvalue weighted by molar-refractivity contribution is 5.37. The Labute approximate surface area is 118 Å². The number of ether oxygens (including phenoxy) is 1. The standard InChI is InChI=1S/C16H19FN2O/c1-3-7-18-11-14-10-15(6-8-19-14)20-16-5-4-13(17)9-12(16)2/h4-6,8-10,18H,3,7,11H2,1-2H3. The van der Waals surface area contributed by atoms with Gasteiger partial charge in [0.05, 0.1) is 5.69 Å². The number of aromatic nitrogens is 1. The fourth-order valence-corrected chi connectivity index (χ4v) is 1.86. The second-order valence-corrected chi connectivity index (χ2v) is 4.67. The van der Waals surface area contributed by atoms with Crippen LogP contribution >= 0.6 is 0 Å². The van der Waals surface area contributed by atoms with E-state index in [4.69, 9.17) is 4.74 Å². The van der Waals surface area contributed by atoms with Crippen LogP contribution in [-0.2, 0) is 6.54 Å². The summed E-state index contributed by atoms with van der Waals surface area (Å²) >= 11 is 0. The number of nitrogens with zero attached hydrogens (tertiary/aromatic N) is 1. The lowest BCUT2D eigenvalue weighted by Gasteiger charge is -2.10. The predicted molar refractivity (Wildman–Crippen MR) is 77.4 cm³/mol. The Balaban J connectivity index is 2.07. The number of halogens is 1. The summed E-state index contributed by atoms with van der Waals surface area (Å²) in [6.07, 6.45) is 2.81. The molecule has 1 aromatic heterocycles. The Hall–Kier alpha value is -1.94. The van der Waals surface area contributed by atoms with E-state index in [9.17, 15) is 4.39 Å². The van der Waals surface area contributed by atoms with Gasteiger partial charge >= 0.3 is 0 Å². The summed E-state index contributed by atoms with van der Waals surface area (Å²) in [5, 5.41) is 3.29. The molecule has 0 saturated carbocycles. The molecule has 2 aromatic rings. The van der Waals surface area contributed by atoms with E-state index in [0.717, 1.165) is 24.2 Å². The summed E-state index contributed by atoms with van der Waals surface area (Å²) in [7, 11) is 0. The monoisotopic (exact) mass is 274 g/mol. The maximum absolute atomic E-state index is 13.0. The molecule has 0 amide bonds. The Kier molecular flexibility index (Phi) is 5.07.